The highest BCUT2D eigenvalue weighted by molar-refractivity contribution is 9.10. The van der Waals surface area contributed by atoms with Gasteiger partial charge in [0.1, 0.15) is 17.5 Å². The minimum absolute atomic E-state index is 0.488. The molecule has 3 N–H and O–H groups in total. The smallest absolute Gasteiger partial charge is 0.136 e. The van der Waals surface area contributed by atoms with Gasteiger partial charge in [0.25, 0.3) is 0 Å². The predicted octanol–water partition coefficient (Wildman–Crippen LogP) is 3.74. The number of nitrogens with zero attached hydrogens (tertiary/aromatic N) is 2. The van der Waals surface area contributed by atoms with Crippen molar-refractivity contribution in [3.8, 4) is 0 Å². The third-order valence-electron chi connectivity index (χ3n) is 2.86. The second-order valence-corrected chi connectivity index (χ2v) is 5.40. The first kappa shape index (κ1) is 13.8. The van der Waals surface area contributed by atoms with E-state index in [1.165, 1.54) is 0 Å². The first-order valence-electron chi connectivity index (χ1n) is 6.16. The number of halogens is 1. The third kappa shape index (κ3) is 3.23. The van der Waals surface area contributed by atoms with Crippen LogP contribution < -0.4 is 11.1 Å². The molecule has 0 spiro atoms. The van der Waals surface area contributed by atoms with E-state index >= 15 is 0 Å². The van der Waals surface area contributed by atoms with Gasteiger partial charge in [-0.15, -0.1) is 0 Å². The monoisotopic (exact) mass is 320 g/mol. The molecule has 19 heavy (non-hydrogen) atoms. The molecule has 0 fully saturated rings. The Hall–Kier alpha value is -1.62. The molecule has 5 heteroatoms. The number of hydrogen-bond acceptors (Lipinski definition) is 4. The van der Waals surface area contributed by atoms with Crippen LogP contribution >= 0.6 is 15.9 Å². The summed E-state index contributed by atoms with van der Waals surface area (Å²) in [5.41, 5.74) is 9.16. The van der Waals surface area contributed by atoms with Crippen molar-refractivity contribution in [3.63, 3.8) is 0 Å². The first-order chi connectivity index (χ1) is 8.99. The number of nitrogen functional groups attached to an aromatic ring is 1. The molecule has 0 bridgehead atoms. The fourth-order valence-electron chi connectivity index (χ4n) is 1.98. The summed E-state index contributed by atoms with van der Waals surface area (Å²) < 4.78 is 1.07. The van der Waals surface area contributed by atoms with Crippen molar-refractivity contribution in [1.82, 2.24) is 9.97 Å². The van der Waals surface area contributed by atoms with Gasteiger partial charge in [0.05, 0.1) is 0 Å². The summed E-state index contributed by atoms with van der Waals surface area (Å²) in [7, 11) is 0. The van der Waals surface area contributed by atoms with Gasteiger partial charge in [-0.05, 0) is 37.1 Å². The number of nitrogens with one attached hydrogen (secondary N) is 1. The Kier molecular flexibility index (Phi) is 4.04. The first-order valence-corrected chi connectivity index (χ1v) is 6.96. The highest BCUT2D eigenvalue weighted by atomic mass is 79.9. The Morgan fingerprint density at radius 3 is 2.37 bits per heavy atom. The van der Waals surface area contributed by atoms with Crippen LogP contribution in [0.4, 0.5) is 17.3 Å². The number of nitrogens with two attached hydrogens (primary N) is 1. The molecular formula is C14H17BrN4. The maximum atomic E-state index is 5.79. The molecule has 0 aliphatic carbocycles. The van der Waals surface area contributed by atoms with Crippen LogP contribution in [0.3, 0.4) is 0 Å². The molecule has 1 aromatic heterocycles. The minimum Gasteiger partial charge on any atom is -0.384 e. The topological polar surface area (TPSA) is 63.8 Å². The molecule has 0 unspecified atom stereocenters. The van der Waals surface area contributed by atoms with Crippen LogP contribution in [0.25, 0.3) is 0 Å². The second-order valence-electron chi connectivity index (χ2n) is 4.49. The molecule has 0 saturated heterocycles. The molecule has 1 heterocycles. The molecular weight excluding hydrogens is 304 g/mol. The van der Waals surface area contributed by atoms with Crippen LogP contribution in [0.2, 0.25) is 0 Å². The summed E-state index contributed by atoms with van der Waals surface area (Å²) in [4.78, 5) is 8.61. The zero-order valence-electron chi connectivity index (χ0n) is 11.3. The molecule has 1 aromatic carbocycles. The Labute approximate surface area is 121 Å². The van der Waals surface area contributed by atoms with E-state index in [9.17, 15) is 0 Å². The molecule has 4 nitrogen and oxygen atoms in total. The lowest BCUT2D eigenvalue weighted by Crippen LogP contribution is -2.04. The van der Waals surface area contributed by atoms with Crippen LogP contribution in [-0.4, -0.2) is 9.97 Å². The van der Waals surface area contributed by atoms with Gasteiger partial charge in [-0.1, -0.05) is 22.9 Å². The van der Waals surface area contributed by atoms with E-state index in [0.29, 0.717) is 5.82 Å². The van der Waals surface area contributed by atoms with Crippen LogP contribution in [-0.2, 0) is 6.42 Å². The Bertz CT molecular complexity index is 587. The van der Waals surface area contributed by atoms with Crippen LogP contribution in [0.15, 0.2) is 22.7 Å². The van der Waals surface area contributed by atoms with Crippen LogP contribution in [0.5, 0.6) is 0 Å². The molecule has 2 rings (SSSR count). The molecule has 0 aliphatic rings. The number of hydrogen-bond donors (Lipinski definition) is 2. The van der Waals surface area contributed by atoms with Gasteiger partial charge in [0, 0.05) is 22.6 Å². The van der Waals surface area contributed by atoms with Gasteiger partial charge >= 0.3 is 0 Å². The molecule has 0 radical (unpaired) electrons. The van der Waals surface area contributed by atoms with Gasteiger partial charge in [0.15, 0.2) is 0 Å². The summed E-state index contributed by atoms with van der Waals surface area (Å²) >= 11 is 3.49. The lowest BCUT2D eigenvalue weighted by molar-refractivity contribution is 0.948. The maximum absolute atomic E-state index is 5.79. The number of aryl methyl sites for hydroxylation is 3. The van der Waals surface area contributed by atoms with Crippen molar-refractivity contribution in [2.75, 3.05) is 11.1 Å². The fourth-order valence-corrected chi connectivity index (χ4v) is 2.66. The average molecular weight is 321 g/mol. The molecule has 2 aromatic rings. The molecule has 0 saturated carbocycles. The van der Waals surface area contributed by atoms with Gasteiger partial charge in [-0.3, -0.25) is 0 Å². The third-order valence-corrected chi connectivity index (χ3v) is 3.32. The van der Waals surface area contributed by atoms with Gasteiger partial charge in [0.2, 0.25) is 0 Å². The summed E-state index contributed by atoms with van der Waals surface area (Å²) in [5, 5.41) is 3.33. The average Bonchev–Trinajstić information content (AvgIpc) is 2.33. The molecule has 0 aliphatic heterocycles. The molecule has 0 atom stereocenters. The van der Waals surface area contributed by atoms with Crippen LogP contribution in [0.1, 0.15) is 23.9 Å². The molecule has 100 valence electrons. The number of benzene rings is 1. The Morgan fingerprint density at radius 1 is 1.16 bits per heavy atom. The van der Waals surface area contributed by atoms with Crippen molar-refractivity contribution >= 4 is 33.3 Å². The van der Waals surface area contributed by atoms with E-state index in [4.69, 9.17) is 5.73 Å². The maximum Gasteiger partial charge on any atom is 0.136 e. The van der Waals surface area contributed by atoms with E-state index < -0.39 is 0 Å². The zero-order chi connectivity index (χ0) is 14.0. The number of aromatic nitrogens is 2. The number of rotatable bonds is 3. The van der Waals surface area contributed by atoms with E-state index in [2.05, 4.69) is 57.2 Å². The summed E-state index contributed by atoms with van der Waals surface area (Å²) in [6.07, 6.45) is 0.762. The van der Waals surface area contributed by atoms with Gasteiger partial charge < -0.3 is 11.1 Å². The van der Waals surface area contributed by atoms with Crippen molar-refractivity contribution in [3.05, 3.63) is 39.6 Å². The molecule has 0 amide bonds. The zero-order valence-corrected chi connectivity index (χ0v) is 12.9. The summed E-state index contributed by atoms with van der Waals surface area (Å²) in [5.74, 6) is 1.97. The van der Waals surface area contributed by atoms with E-state index in [0.717, 1.165) is 39.4 Å². The van der Waals surface area contributed by atoms with Crippen molar-refractivity contribution in [1.29, 1.82) is 0 Å². The van der Waals surface area contributed by atoms with E-state index in [1.807, 2.05) is 6.92 Å². The van der Waals surface area contributed by atoms with Crippen molar-refractivity contribution < 1.29 is 0 Å². The van der Waals surface area contributed by atoms with Gasteiger partial charge in [-0.2, -0.15) is 0 Å². The highest BCUT2D eigenvalue weighted by Crippen LogP contribution is 2.27. The Balaban J connectivity index is 2.39. The fraction of sp³-hybridized carbons (Fsp3) is 0.286. The van der Waals surface area contributed by atoms with Crippen molar-refractivity contribution in [2.45, 2.75) is 27.2 Å². The standard InChI is InChI=1S/C14H17BrN4/c1-4-12-17-11(16)7-13(18-12)19-14-8(2)5-10(15)6-9(14)3/h5-7H,4H2,1-3H3,(H3,16,17,18,19). The van der Waals surface area contributed by atoms with Crippen LogP contribution in [0, 0.1) is 13.8 Å². The van der Waals surface area contributed by atoms with E-state index in [1.54, 1.807) is 6.07 Å². The normalized spacial score (nSPS) is 10.5. The predicted molar refractivity (Wildman–Crippen MR) is 82.7 cm³/mol. The van der Waals surface area contributed by atoms with Crippen molar-refractivity contribution in [2.24, 2.45) is 0 Å². The van der Waals surface area contributed by atoms with Gasteiger partial charge in [-0.25, -0.2) is 9.97 Å². The summed E-state index contributed by atoms with van der Waals surface area (Å²) in [6, 6.07) is 5.89. The summed E-state index contributed by atoms with van der Waals surface area (Å²) in [6.45, 7) is 6.13. The lowest BCUT2D eigenvalue weighted by atomic mass is 10.1. The largest absolute Gasteiger partial charge is 0.384 e. The highest BCUT2D eigenvalue weighted by Gasteiger charge is 2.07. The minimum atomic E-state index is 0.488. The quantitative estimate of drug-likeness (QED) is 0.904. The van der Waals surface area contributed by atoms with E-state index in [-0.39, 0.29) is 0 Å². The SMILES string of the molecule is CCc1nc(N)cc(Nc2c(C)cc(Br)cc2C)n1. The second kappa shape index (κ2) is 5.57. The number of anilines is 3. The Morgan fingerprint density at radius 2 is 1.79 bits per heavy atom. The lowest BCUT2D eigenvalue weighted by Gasteiger charge is -2.13.